The molecule has 0 amide bonds. The monoisotopic (exact) mass is 715 g/mol. The van der Waals surface area contributed by atoms with Crippen LogP contribution in [0.1, 0.15) is 0 Å². The molecule has 0 fully saturated rings. The highest BCUT2D eigenvalue weighted by Gasteiger charge is 2.21. The normalized spacial score (nSPS) is 11.2. The van der Waals surface area contributed by atoms with Crippen LogP contribution in [0, 0.1) is 0 Å². The van der Waals surface area contributed by atoms with Crippen LogP contribution < -0.4 is 4.90 Å². The molecule has 1 heterocycles. The molecule has 9 aromatic carbocycles. The van der Waals surface area contributed by atoms with Crippen LogP contribution in [0.2, 0.25) is 0 Å². The predicted molar refractivity (Wildman–Crippen MR) is 236 cm³/mol. The Morgan fingerprint density at radius 1 is 0.268 bits per heavy atom. The predicted octanol–water partition coefficient (Wildman–Crippen LogP) is 15.4. The maximum atomic E-state index is 6.44. The second-order valence-electron chi connectivity index (χ2n) is 14.1. The van der Waals surface area contributed by atoms with Crippen molar-refractivity contribution < 1.29 is 4.42 Å². The summed E-state index contributed by atoms with van der Waals surface area (Å²) < 4.78 is 6.44. The van der Waals surface area contributed by atoms with Gasteiger partial charge in [0.25, 0.3) is 0 Å². The molecule has 2 heteroatoms. The molecule has 0 saturated heterocycles. The molecule has 0 atom stereocenters. The fraction of sp³-hybridized carbons (Fsp3) is 0. The van der Waals surface area contributed by atoms with E-state index in [1.54, 1.807) is 0 Å². The molecule has 1 aromatic heterocycles. The van der Waals surface area contributed by atoms with Crippen LogP contribution in [-0.4, -0.2) is 0 Å². The molecule has 56 heavy (non-hydrogen) atoms. The van der Waals surface area contributed by atoms with Crippen molar-refractivity contribution in [3.63, 3.8) is 0 Å². The van der Waals surface area contributed by atoms with Gasteiger partial charge in [0, 0.05) is 33.8 Å². The van der Waals surface area contributed by atoms with Crippen molar-refractivity contribution in [3.05, 3.63) is 224 Å². The third kappa shape index (κ3) is 6.14. The zero-order chi connectivity index (χ0) is 37.3. The van der Waals surface area contributed by atoms with Gasteiger partial charge in [0.1, 0.15) is 11.2 Å². The van der Waals surface area contributed by atoms with Gasteiger partial charge in [0.2, 0.25) is 0 Å². The molecule has 10 rings (SSSR count). The van der Waals surface area contributed by atoms with Gasteiger partial charge in [0.05, 0.1) is 5.69 Å². The Bertz CT molecular complexity index is 2940. The van der Waals surface area contributed by atoms with Crippen LogP contribution >= 0.6 is 0 Å². The zero-order valence-electron chi connectivity index (χ0n) is 30.7. The van der Waals surface area contributed by atoms with Crippen molar-refractivity contribution >= 4 is 39.0 Å². The maximum absolute atomic E-state index is 6.44. The second kappa shape index (κ2) is 14.4. The Balaban J connectivity index is 1.12. The van der Waals surface area contributed by atoms with E-state index in [0.717, 1.165) is 50.1 Å². The van der Waals surface area contributed by atoms with E-state index in [2.05, 4.69) is 217 Å². The Kier molecular flexibility index (Phi) is 8.55. The highest BCUT2D eigenvalue weighted by atomic mass is 16.3. The summed E-state index contributed by atoms with van der Waals surface area (Å²) in [6.45, 7) is 0. The lowest BCUT2D eigenvalue weighted by molar-refractivity contribution is 0.669. The minimum Gasteiger partial charge on any atom is -0.456 e. The minimum atomic E-state index is 0.861. The van der Waals surface area contributed by atoms with Gasteiger partial charge in [-0.25, -0.2) is 0 Å². The molecule has 0 aliphatic heterocycles. The number of benzene rings is 9. The van der Waals surface area contributed by atoms with Crippen LogP contribution in [0.15, 0.2) is 229 Å². The summed E-state index contributed by atoms with van der Waals surface area (Å²) in [5, 5.41) is 2.23. The molecule has 10 aromatic rings. The molecule has 0 bridgehead atoms. The van der Waals surface area contributed by atoms with Gasteiger partial charge in [-0.2, -0.15) is 0 Å². The molecule has 0 aliphatic carbocycles. The van der Waals surface area contributed by atoms with Crippen molar-refractivity contribution in [3.8, 4) is 55.6 Å². The average Bonchev–Trinajstić information content (AvgIpc) is 3.66. The summed E-state index contributed by atoms with van der Waals surface area (Å²) in [6.07, 6.45) is 0. The molecule has 0 N–H and O–H groups in total. The molecule has 0 saturated carbocycles. The summed E-state index contributed by atoms with van der Waals surface area (Å²) in [6, 6.07) is 80.1. The quantitative estimate of drug-likeness (QED) is 0.156. The smallest absolute Gasteiger partial charge is 0.137 e. The highest BCUT2D eigenvalue weighted by Crippen LogP contribution is 2.46. The summed E-state index contributed by atoms with van der Waals surface area (Å²) >= 11 is 0. The minimum absolute atomic E-state index is 0.861. The van der Waals surface area contributed by atoms with E-state index in [1.165, 1.54) is 44.5 Å². The lowest BCUT2D eigenvalue weighted by Gasteiger charge is -2.28. The van der Waals surface area contributed by atoms with Gasteiger partial charge in [-0.3, -0.25) is 0 Å². The van der Waals surface area contributed by atoms with Crippen LogP contribution in [0.25, 0.3) is 77.6 Å². The molecule has 0 unspecified atom stereocenters. The Hall–Kier alpha value is -7.42. The molecular formula is C54H37NO. The van der Waals surface area contributed by atoms with Gasteiger partial charge in [-0.1, -0.05) is 182 Å². The average molecular weight is 716 g/mol. The molecule has 0 spiro atoms. The van der Waals surface area contributed by atoms with Crippen LogP contribution in [-0.2, 0) is 0 Å². The van der Waals surface area contributed by atoms with E-state index < -0.39 is 0 Å². The van der Waals surface area contributed by atoms with Crippen LogP contribution in [0.3, 0.4) is 0 Å². The van der Waals surface area contributed by atoms with E-state index >= 15 is 0 Å². The first-order valence-electron chi connectivity index (χ1n) is 19.1. The van der Waals surface area contributed by atoms with Crippen molar-refractivity contribution in [1.82, 2.24) is 0 Å². The largest absolute Gasteiger partial charge is 0.456 e. The maximum Gasteiger partial charge on any atom is 0.137 e. The number of hydrogen-bond donors (Lipinski definition) is 0. The standard InChI is InChI=1S/C54H37NO/c1-3-15-38(16-4-1)40-27-29-42(30-28-40)45-19-7-8-20-46(45)47-21-9-10-22-48(47)49-23-11-13-25-52(49)55(43-33-31-41(32-34-43)39-17-5-2-6-18-39)44-35-36-51-50-24-12-14-26-53(50)56-54(51)37-44/h1-37H. The first-order chi connectivity index (χ1) is 27.8. The molecular weight excluding hydrogens is 679 g/mol. The van der Waals surface area contributed by atoms with Crippen molar-refractivity contribution in [1.29, 1.82) is 0 Å². The number of fused-ring (bicyclic) bond motifs is 3. The molecule has 264 valence electrons. The first-order valence-corrected chi connectivity index (χ1v) is 19.1. The molecule has 2 nitrogen and oxygen atoms in total. The number of para-hydroxylation sites is 2. The summed E-state index contributed by atoms with van der Waals surface area (Å²) in [7, 11) is 0. The van der Waals surface area contributed by atoms with E-state index in [1.807, 2.05) is 12.1 Å². The Morgan fingerprint density at radius 3 is 1.36 bits per heavy atom. The van der Waals surface area contributed by atoms with Crippen molar-refractivity contribution in [2.24, 2.45) is 0 Å². The SMILES string of the molecule is c1ccc(-c2ccc(-c3ccccc3-c3ccccc3-c3ccccc3N(c3ccc(-c4ccccc4)cc3)c3ccc4c(c3)oc3ccccc34)cc2)cc1. The van der Waals surface area contributed by atoms with E-state index in [4.69, 9.17) is 4.42 Å². The Morgan fingerprint density at radius 2 is 0.696 bits per heavy atom. The van der Waals surface area contributed by atoms with Gasteiger partial charge < -0.3 is 9.32 Å². The van der Waals surface area contributed by atoms with Gasteiger partial charge in [-0.15, -0.1) is 0 Å². The topological polar surface area (TPSA) is 16.4 Å². The van der Waals surface area contributed by atoms with Gasteiger partial charge in [0.15, 0.2) is 0 Å². The third-order valence-electron chi connectivity index (χ3n) is 10.7. The lowest BCUT2D eigenvalue weighted by atomic mass is 9.88. The van der Waals surface area contributed by atoms with E-state index in [9.17, 15) is 0 Å². The van der Waals surface area contributed by atoms with Crippen molar-refractivity contribution in [2.75, 3.05) is 4.90 Å². The number of nitrogens with zero attached hydrogens (tertiary/aromatic N) is 1. The fourth-order valence-electron chi connectivity index (χ4n) is 8.01. The third-order valence-corrected chi connectivity index (χ3v) is 10.7. The zero-order valence-corrected chi connectivity index (χ0v) is 30.7. The lowest BCUT2D eigenvalue weighted by Crippen LogP contribution is -2.11. The number of hydrogen-bond acceptors (Lipinski definition) is 2. The number of anilines is 3. The van der Waals surface area contributed by atoms with Crippen LogP contribution in [0.4, 0.5) is 17.1 Å². The summed E-state index contributed by atoms with van der Waals surface area (Å²) in [5.41, 5.74) is 16.7. The summed E-state index contributed by atoms with van der Waals surface area (Å²) in [4.78, 5) is 2.36. The number of furan rings is 1. The summed E-state index contributed by atoms with van der Waals surface area (Å²) in [5.74, 6) is 0. The fourth-order valence-corrected chi connectivity index (χ4v) is 8.01. The highest BCUT2D eigenvalue weighted by molar-refractivity contribution is 6.06. The molecule has 0 aliphatic rings. The van der Waals surface area contributed by atoms with Gasteiger partial charge in [-0.05, 0) is 86.5 Å². The van der Waals surface area contributed by atoms with Crippen LogP contribution in [0.5, 0.6) is 0 Å². The number of rotatable bonds is 8. The Labute approximate surface area is 327 Å². The second-order valence-corrected chi connectivity index (χ2v) is 14.1. The van der Waals surface area contributed by atoms with E-state index in [0.29, 0.717) is 0 Å². The van der Waals surface area contributed by atoms with Gasteiger partial charge >= 0.3 is 0 Å². The van der Waals surface area contributed by atoms with Crippen molar-refractivity contribution in [2.45, 2.75) is 0 Å². The van der Waals surface area contributed by atoms with E-state index in [-0.39, 0.29) is 0 Å². The molecule has 0 radical (unpaired) electrons. The first kappa shape index (κ1) is 33.2.